The van der Waals surface area contributed by atoms with Gasteiger partial charge in [-0.15, -0.1) is 0 Å². The van der Waals surface area contributed by atoms with Crippen LogP contribution in [0.15, 0.2) is 35.1 Å². The normalized spacial score (nSPS) is 10.4. The lowest BCUT2D eigenvalue weighted by Gasteiger charge is -2.06. The fourth-order valence-corrected chi connectivity index (χ4v) is 1.64. The van der Waals surface area contributed by atoms with Crippen LogP contribution < -0.4 is 11.3 Å². The number of H-pyrrole nitrogens is 1. The van der Waals surface area contributed by atoms with Crippen LogP contribution in [-0.4, -0.2) is 10.2 Å². The number of aromatic nitrogens is 2. The molecule has 3 N–H and O–H groups in total. The fourth-order valence-electron chi connectivity index (χ4n) is 1.64. The van der Waals surface area contributed by atoms with Crippen LogP contribution >= 0.6 is 0 Å². The smallest absolute Gasteiger partial charge is 0.264 e. The molecule has 0 amide bonds. The van der Waals surface area contributed by atoms with Gasteiger partial charge >= 0.3 is 0 Å². The topological polar surface area (TPSA) is 71.8 Å². The average molecular weight is 215 g/mol. The van der Waals surface area contributed by atoms with E-state index in [4.69, 9.17) is 5.73 Å². The van der Waals surface area contributed by atoms with Crippen LogP contribution in [0.3, 0.4) is 0 Å². The summed E-state index contributed by atoms with van der Waals surface area (Å²) in [5.74, 6) is 0. The highest BCUT2D eigenvalue weighted by Crippen LogP contribution is 2.20. The van der Waals surface area contributed by atoms with Crippen LogP contribution in [0, 0.1) is 6.92 Å². The molecule has 0 fully saturated rings. The van der Waals surface area contributed by atoms with Crippen LogP contribution in [0.4, 0.5) is 0 Å². The summed E-state index contributed by atoms with van der Waals surface area (Å²) in [6.45, 7) is 2.32. The number of nitrogens with one attached hydrogen (secondary N) is 1. The maximum absolute atomic E-state index is 11.1. The lowest BCUT2D eigenvalue weighted by molar-refractivity contribution is 0.944. The highest BCUT2D eigenvalue weighted by molar-refractivity contribution is 5.63. The Kier molecular flexibility index (Phi) is 2.83. The number of hydrogen-bond donors (Lipinski definition) is 2. The van der Waals surface area contributed by atoms with Crippen molar-refractivity contribution in [2.24, 2.45) is 5.73 Å². The Labute approximate surface area is 93.1 Å². The highest BCUT2D eigenvalue weighted by Gasteiger charge is 2.06. The zero-order valence-electron chi connectivity index (χ0n) is 9.03. The third-order valence-electron chi connectivity index (χ3n) is 2.40. The highest BCUT2D eigenvalue weighted by atomic mass is 16.1. The molecule has 1 aromatic carbocycles. The van der Waals surface area contributed by atoms with E-state index in [2.05, 4.69) is 10.2 Å². The monoisotopic (exact) mass is 215 g/mol. The van der Waals surface area contributed by atoms with Crippen LogP contribution in [0.25, 0.3) is 11.3 Å². The van der Waals surface area contributed by atoms with Crippen LogP contribution in [0.1, 0.15) is 11.1 Å². The van der Waals surface area contributed by atoms with Crippen molar-refractivity contribution in [1.29, 1.82) is 0 Å². The van der Waals surface area contributed by atoms with Crippen molar-refractivity contribution in [3.63, 3.8) is 0 Å². The largest absolute Gasteiger partial charge is 0.326 e. The number of rotatable bonds is 2. The first kappa shape index (κ1) is 10.6. The van der Waals surface area contributed by atoms with E-state index in [-0.39, 0.29) is 5.56 Å². The second kappa shape index (κ2) is 4.28. The van der Waals surface area contributed by atoms with E-state index in [1.54, 1.807) is 0 Å². The third kappa shape index (κ3) is 2.01. The minimum absolute atomic E-state index is 0.225. The van der Waals surface area contributed by atoms with Crippen LogP contribution in [-0.2, 0) is 6.54 Å². The summed E-state index contributed by atoms with van der Waals surface area (Å²) >= 11 is 0. The second-order valence-corrected chi connectivity index (χ2v) is 3.68. The predicted octanol–water partition coefficient (Wildman–Crippen LogP) is 1.20. The summed E-state index contributed by atoms with van der Waals surface area (Å²) in [5, 5.41) is 6.47. The number of aromatic amines is 1. The Morgan fingerprint density at radius 2 is 2.19 bits per heavy atom. The van der Waals surface area contributed by atoms with Crippen LogP contribution in [0.2, 0.25) is 0 Å². The van der Waals surface area contributed by atoms with E-state index >= 15 is 0 Å². The van der Waals surface area contributed by atoms with E-state index in [0.717, 1.165) is 22.4 Å². The molecular weight excluding hydrogens is 202 g/mol. The van der Waals surface area contributed by atoms with Gasteiger partial charge in [0.1, 0.15) is 0 Å². The number of nitrogens with two attached hydrogens (primary N) is 1. The summed E-state index contributed by atoms with van der Waals surface area (Å²) < 4.78 is 0. The summed E-state index contributed by atoms with van der Waals surface area (Å²) in [4.78, 5) is 11.1. The minimum Gasteiger partial charge on any atom is -0.326 e. The maximum atomic E-state index is 11.1. The van der Waals surface area contributed by atoms with Crippen molar-refractivity contribution in [2.75, 3.05) is 0 Å². The lowest BCUT2D eigenvalue weighted by Crippen LogP contribution is -2.12. The minimum atomic E-state index is -0.225. The summed E-state index contributed by atoms with van der Waals surface area (Å²) in [7, 11) is 0. The van der Waals surface area contributed by atoms with Gasteiger partial charge in [-0.1, -0.05) is 23.8 Å². The van der Waals surface area contributed by atoms with Gasteiger partial charge in [0.25, 0.3) is 5.56 Å². The molecule has 2 rings (SSSR count). The van der Waals surface area contributed by atoms with Gasteiger partial charge in [0.2, 0.25) is 0 Å². The molecule has 0 aliphatic carbocycles. The molecule has 1 aromatic heterocycles. The molecule has 82 valence electrons. The third-order valence-corrected chi connectivity index (χ3v) is 2.40. The Morgan fingerprint density at radius 1 is 1.38 bits per heavy atom. The number of hydrogen-bond acceptors (Lipinski definition) is 3. The summed E-state index contributed by atoms with van der Waals surface area (Å²) in [6.07, 6.45) is 0. The predicted molar refractivity (Wildman–Crippen MR) is 62.9 cm³/mol. The Balaban J connectivity index is 2.59. The molecule has 4 heteroatoms. The molecule has 2 aromatic rings. The van der Waals surface area contributed by atoms with Crippen molar-refractivity contribution >= 4 is 0 Å². The first-order valence-electron chi connectivity index (χ1n) is 5.06. The quantitative estimate of drug-likeness (QED) is 0.790. The van der Waals surface area contributed by atoms with Gasteiger partial charge in [-0.3, -0.25) is 4.79 Å². The molecule has 0 spiro atoms. The van der Waals surface area contributed by atoms with Crippen molar-refractivity contribution in [3.8, 4) is 11.3 Å². The molecule has 4 nitrogen and oxygen atoms in total. The van der Waals surface area contributed by atoms with Gasteiger partial charge in [0.15, 0.2) is 0 Å². The average Bonchev–Trinajstić information content (AvgIpc) is 2.28. The molecule has 0 bridgehead atoms. The van der Waals surface area contributed by atoms with Crippen molar-refractivity contribution in [3.05, 3.63) is 51.8 Å². The Hall–Kier alpha value is -1.94. The van der Waals surface area contributed by atoms with Crippen molar-refractivity contribution < 1.29 is 0 Å². The molecule has 0 radical (unpaired) electrons. The second-order valence-electron chi connectivity index (χ2n) is 3.68. The van der Waals surface area contributed by atoms with E-state index in [1.165, 1.54) is 6.07 Å². The standard InChI is InChI=1S/C12H13N3O/c1-8-3-2-4-9(5-8)12-10(7-13)6-11(16)14-15-12/h2-6H,7,13H2,1H3,(H,14,16). The molecule has 0 saturated heterocycles. The lowest BCUT2D eigenvalue weighted by atomic mass is 10.0. The van der Waals surface area contributed by atoms with Gasteiger partial charge in [-0.05, 0) is 18.6 Å². The summed E-state index contributed by atoms with van der Waals surface area (Å²) in [6, 6.07) is 9.42. The van der Waals surface area contributed by atoms with E-state index < -0.39 is 0 Å². The summed E-state index contributed by atoms with van der Waals surface area (Å²) in [5.41, 5.74) is 8.99. The van der Waals surface area contributed by atoms with E-state index in [0.29, 0.717) is 6.54 Å². The Bertz CT molecular complexity index is 560. The van der Waals surface area contributed by atoms with Crippen LogP contribution in [0.5, 0.6) is 0 Å². The van der Waals surface area contributed by atoms with Crippen molar-refractivity contribution in [2.45, 2.75) is 13.5 Å². The molecule has 0 aliphatic heterocycles. The van der Waals surface area contributed by atoms with E-state index in [9.17, 15) is 4.79 Å². The molecule has 16 heavy (non-hydrogen) atoms. The molecule has 0 aliphatic rings. The Morgan fingerprint density at radius 3 is 2.88 bits per heavy atom. The van der Waals surface area contributed by atoms with Gasteiger partial charge in [-0.25, -0.2) is 5.10 Å². The zero-order chi connectivity index (χ0) is 11.5. The molecule has 0 unspecified atom stereocenters. The first-order chi connectivity index (χ1) is 7.70. The molecule has 0 saturated carbocycles. The first-order valence-corrected chi connectivity index (χ1v) is 5.06. The molecular formula is C12H13N3O. The number of benzene rings is 1. The van der Waals surface area contributed by atoms with Crippen molar-refractivity contribution in [1.82, 2.24) is 10.2 Å². The number of aryl methyl sites for hydroxylation is 1. The van der Waals surface area contributed by atoms with Gasteiger partial charge in [-0.2, -0.15) is 5.10 Å². The SMILES string of the molecule is Cc1cccc(-c2n[nH]c(=O)cc2CN)c1. The maximum Gasteiger partial charge on any atom is 0.264 e. The fraction of sp³-hybridized carbons (Fsp3) is 0.167. The number of nitrogens with zero attached hydrogens (tertiary/aromatic N) is 1. The zero-order valence-corrected chi connectivity index (χ0v) is 9.03. The van der Waals surface area contributed by atoms with Gasteiger partial charge in [0, 0.05) is 18.2 Å². The van der Waals surface area contributed by atoms with E-state index in [1.807, 2.05) is 31.2 Å². The van der Waals surface area contributed by atoms with Gasteiger partial charge in [0.05, 0.1) is 5.69 Å². The molecule has 1 heterocycles. The molecule has 0 atom stereocenters. The van der Waals surface area contributed by atoms with Gasteiger partial charge < -0.3 is 5.73 Å².